The number of amides is 1. The molecule has 2 heterocycles. The predicted molar refractivity (Wildman–Crippen MR) is 89.2 cm³/mol. The summed E-state index contributed by atoms with van der Waals surface area (Å²) in [5.41, 5.74) is 1.23. The van der Waals surface area contributed by atoms with Crippen molar-refractivity contribution in [1.82, 2.24) is 9.80 Å². The number of carbonyl (C=O) groups excluding carboxylic acids is 1. The quantitative estimate of drug-likeness (QED) is 0.837. The number of carbonyl (C=O) groups is 1. The normalized spacial score (nSPS) is 28.0. The molecule has 2 saturated heterocycles. The van der Waals surface area contributed by atoms with Crippen molar-refractivity contribution in [2.45, 2.75) is 38.3 Å². The zero-order valence-corrected chi connectivity index (χ0v) is 13.9. The Morgan fingerprint density at radius 1 is 1.26 bits per heavy atom. The fraction of sp³-hybridized carbons (Fsp3) is 0.632. The molecule has 2 atom stereocenters. The van der Waals surface area contributed by atoms with Crippen molar-refractivity contribution in [3.8, 4) is 5.75 Å². The number of methoxy groups -OCH3 is 1. The molecule has 4 rings (SSSR count). The van der Waals surface area contributed by atoms with Gasteiger partial charge in [0.1, 0.15) is 5.75 Å². The monoisotopic (exact) mass is 314 g/mol. The average Bonchev–Trinajstić information content (AvgIpc) is 3.38. The van der Waals surface area contributed by atoms with Crippen LogP contribution in [-0.4, -0.2) is 48.5 Å². The molecule has 0 unspecified atom stereocenters. The Hall–Kier alpha value is -1.55. The lowest BCUT2D eigenvalue weighted by atomic mass is 9.85. The van der Waals surface area contributed by atoms with Gasteiger partial charge in [0.05, 0.1) is 13.2 Å². The highest BCUT2D eigenvalue weighted by molar-refractivity contribution is 5.83. The van der Waals surface area contributed by atoms with Crippen LogP contribution in [-0.2, 0) is 11.3 Å². The summed E-state index contributed by atoms with van der Waals surface area (Å²) >= 11 is 0. The molecule has 1 aromatic rings. The maximum Gasteiger partial charge on any atom is 0.239 e. The Morgan fingerprint density at radius 2 is 2.13 bits per heavy atom. The van der Waals surface area contributed by atoms with Crippen molar-refractivity contribution in [3.63, 3.8) is 0 Å². The first kappa shape index (κ1) is 15.0. The minimum absolute atomic E-state index is 0.0902. The molecule has 3 aliphatic rings. The molecule has 1 saturated carbocycles. The smallest absolute Gasteiger partial charge is 0.239 e. The van der Waals surface area contributed by atoms with Crippen molar-refractivity contribution in [3.05, 3.63) is 29.8 Å². The maximum atomic E-state index is 12.9. The van der Waals surface area contributed by atoms with Gasteiger partial charge in [-0.25, -0.2) is 0 Å². The van der Waals surface area contributed by atoms with Crippen LogP contribution in [0.1, 0.15) is 31.2 Å². The number of likely N-dealkylation sites (tertiary alicyclic amines) is 2. The zero-order valence-electron chi connectivity index (χ0n) is 13.9. The molecule has 4 nitrogen and oxygen atoms in total. The number of fused-ring (bicyclic) bond motifs is 2. The lowest BCUT2D eigenvalue weighted by Gasteiger charge is -2.46. The molecule has 1 aromatic carbocycles. The second-order valence-corrected chi connectivity index (χ2v) is 7.41. The summed E-state index contributed by atoms with van der Waals surface area (Å²) in [5, 5.41) is 0. The third-order valence-electron chi connectivity index (χ3n) is 5.59. The van der Waals surface area contributed by atoms with Crippen LogP contribution in [0.5, 0.6) is 5.75 Å². The van der Waals surface area contributed by atoms with Crippen LogP contribution >= 0.6 is 0 Å². The van der Waals surface area contributed by atoms with Crippen molar-refractivity contribution in [2.75, 3.05) is 26.7 Å². The summed E-state index contributed by atoms with van der Waals surface area (Å²) in [4.78, 5) is 17.4. The Morgan fingerprint density at radius 3 is 2.91 bits per heavy atom. The third-order valence-corrected chi connectivity index (χ3v) is 5.59. The van der Waals surface area contributed by atoms with Gasteiger partial charge in [0.15, 0.2) is 0 Å². The molecule has 4 heteroatoms. The number of ether oxygens (including phenoxy) is 1. The molecule has 0 spiro atoms. The predicted octanol–water partition coefficient (Wildman–Crippen LogP) is 2.53. The van der Waals surface area contributed by atoms with Crippen molar-refractivity contribution in [1.29, 1.82) is 0 Å². The van der Waals surface area contributed by atoms with Crippen LogP contribution in [0.2, 0.25) is 0 Å². The van der Waals surface area contributed by atoms with Gasteiger partial charge in [-0.2, -0.15) is 0 Å². The van der Waals surface area contributed by atoms with Gasteiger partial charge in [-0.3, -0.25) is 9.69 Å². The summed E-state index contributed by atoms with van der Waals surface area (Å²) in [6.07, 6.45) is 4.89. The van der Waals surface area contributed by atoms with Gasteiger partial charge < -0.3 is 9.64 Å². The molecule has 1 amide bonds. The van der Waals surface area contributed by atoms with Gasteiger partial charge in [-0.1, -0.05) is 12.1 Å². The molecule has 2 bridgehead atoms. The molecule has 124 valence electrons. The average molecular weight is 314 g/mol. The minimum atomic E-state index is 0.0902. The number of benzene rings is 1. The first-order valence-corrected chi connectivity index (χ1v) is 8.88. The van der Waals surface area contributed by atoms with Gasteiger partial charge in [-0.05, 0) is 61.8 Å². The third kappa shape index (κ3) is 3.23. The van der Waals surface area contributed by atoms with E-state index in [1.807, 2.05) is 12.1 Å². The first-order chi connectivity index (χ1) is 11.2. The lowest BCUT2D eigenvalue weighted by molar-refractivity contribution is -0.146. The number of hydrogen-bond acceptors (Lipinski definition) is 3. The Kier molecular flexibility index (Phi) is 4.02. The fourth-order valence-electron chi connectivity index (χ4n) is 4.09. The van der Waals surface area contributed by atoms with E-state index in [1.54, 1.807) is 7.11 Å². The zero-order chi connectivity index (χ0) is 15.8. The largest absolute Gasteiger partial charge is 0.497 e. The van der Waals surface area contributed by atoms with Gasteiger partial charge >= 0.3 is 0 Å². The second-order valence-electron chi connectivity index (χ2n) is 7.41. The summed E-state index contributed by atoms with van der Waals surface area (Å²) in [7, 11) is 1.70. The summed E-state index contributed by atoms with van der Waals surface area (Å²) in [6.45, 7) is 3.88. The van der Waals surface area contributed by atoms with E-state index in [-0.39, 0.29) is 6.04 Å². The van der Waals surface area contributed by atoms with E-state index in [0.29, 0.717) is 11.8 Å². The Balaban J connectivity index is 1.47. The van der Waals surface area contributed by atoms with Gasteiger partial charge in [0.25, 0.3) is 0 Å². The molecule has 23 heavy (non-hydrogen) atoms. The van der Waals surface area contributed by atoms with E-state index >= 15 is 0 Å². The van der Waals surface area contributed by atoms with Gasteiger partial charge in [0.2, 0.25) is 5.91 Å². The van der Waals surface area contributed by atoms with E-state index in [9.17, 15) is 4.79 Å². The topological polar surface area (TPSA) is 32.8 Å². The standard InChI is InChI=1S/C19H26N2O2/c1-23-17-4-2-3-15(9-17)12-20-8-7-16-10-18(20)19(22)21(13-16)11-14-5-6-14/h2-4,9,14,16,18H,5-8,10-13H2,1H3/t16-,18+/m0/s1. The van der Waals surface area contributed by atoms with Crippen LogP contribution in [0.4, 0.5) is 0 Å². The van der Waals surface area contributed by atoms with Crippen molar-refractivity contribution < 1.29 is 9.53 Å². The number of rotatable bonds is 5. The molecule has 0 aromatic heterocycles. The number of nitrogens with zero attached hydrogens (tertiary/aromatic N) is 2. The van der Waals surface area contributed by atoms with E-state index in [2.05, 4.69) is 21.9 Å². The Bertz CT molecular complexity index is 584. The number of hydrogen-bond donors (Lipinski definition) is 0. The minimum Gasteiger partial charge on any atom is -0.497 e. The molecular weight excluding hydrogens is 288 g/mol. The second kappa shape index (κ2) is 6.16. The van der Waals surface area contributed by atoms with Crippen LogP contribution in [0.15, 0.2) is 24.3 Å². The number of piperidine rings is 2. The molecule has 3 fully saturated rings. The highest BCUT2D eigenvalue weighted by Gasteiger charge is 2.42. The highest BCUT2D eigenvalue weighted by atomic mass is 16.5. The molecule has 0 radical (unpaired) electrons. The summed E-state index contributed by atoms with van der Waals surface area (Å²) < 4.78 is 5.32. The van der Waals surface area contributed by atoms with Crippen LogP contribution in [0.3, 0.4) is 0 Å². The maximum absolute atomic E-state index is 12.9. The van der Waals surface area contributed by atoms with Gasteiger partial charge in [0, 0.05) is 19.6 Å². The van der Waals surface area contributed by atoms with E-state index in [0.717, 1.165) is 44.3 Å². The molecule has 0 N–H and O–H groups in total. The van der Waals surface area contributed by atoms with E-state index < -0.39 is 0 Å². The first-order valence-electron chi connectivity index (χ1n) is 8.88. The highest BCUT2D eigenvalue weighted by Crippen LogP contribution is 2.35. The van der Waals surface area contributed by atoms with Crippen LogP contribution in [0, 0.1) is 11.8 Å². The van der Waals surface area contributed by atoms with Crippen molar-refractivity contribution >= 4 is 5.91 Å². The summed E-state index contributed by atoms with van der Waals surface area (Å²) in [5.74, 6) is 2.75. The molecule has 1 aliphatic carbocycles. The van der Waals surface area contributed by atoms with Crippen LogP contribution < -0.4 is 4.74 Å². The fourth-order valence-corrected chi connectivity index (χ4v) is 4.09. The molecule has 2 aliphatic heterocycles. The van der Waals surface area contributed by atoms with E-state index in [4.69, 9.17) is 4.74 Å². The van der Waals surface area contributed by atoms with Crippen molar-refractivity contribution in [2.24, 2.45) is 11.8 Å². The Labute approximate surface area is 138 Å². The summed E-state index contributed by atoms with van der Waals surface area (Å²) in [6, 6.07) is 8.31. The van der Waals surface area contributed by atoms with Gasteiger partial charge in [-0.15, -0.1) is 0 Å². The lowest BCUT2D eigenvalue weighted by Crippen LogP contribution is -2.58. The van der Waals surface area contributed by atoms with E-state index in [1.165, 1.54) is 24.8 Å². The SMILES string of the molecule is COc1cccc(CN2CC[C@H]3C[C@@H]2C(=O)N(CC2CC2)C3)c1. The van der Waals surface area contributed by atoms with Crippen LogP contribution in [0.25, 0.3) is 0 Å². The molecular formula is C19H26N2O2.